The molecule has 0 unspecified atom stereocenters. The average molecular weight is 738 g/mol. The molecule has 0 bridgehead atoms. The van der Waals surface area contributed by atoms with E-state index in [-0.39, 0.29) is 42.1 Å². The molecule has 39 heavy (non-hydrogen) atoms. The van der Waals surface area contributed by atoms with Crippen LogP contribution in [0.1, 0.15) is 0 Å². The number of para-hydroxylation sites is 4. The van der Waals surface area contributed by atoms with Gasteiger partial charge in [0.1, 0.15) is 0 Å². The summed E-state index contributed by atoms with van der Waals surface area (Å²) in [7, 11) is 0. The molecule has 0 radical (unpaired) electrons. The summed E-state index contributed by atoms with van der Waals surface area (Å²) in [6.45, 7) is 0. The van der Waals surface area contributed by atoms with Crippen LogP contribution in [0.2, 0.25) is 0 Å². The van der Waals surface area contributed by atoms with Crippen LogP contribution in [0.3, 0.4) is 0 Å². The van der Waals surface area contributed by atoms with Crippen molar-refractivity contribution in [1.29, 1.82) is 0 Å². The smallest absolute Gasteiger partial charge is 0.0627 e. The van der Waals surface area contributed by atoms with E-state index in [9.17, 15) is 0 Å². The molecule has 0 atom stereocenters. The maximum atomic E-state index is 4.65. The van der Waals surface area contributed by atoms with Gasteiger partial charge in [-0.1, -0.05) is 66.7 Å². The molecular weight excluding hydrogens is 716 g/mol. The van der Waals surface area contributed by atoms with Crippen LogP contribution in [0.4, 0.5) is 0 Å². The first-order valence-corrected chi connectivity index (χ1v) is 11.3. The van der Waals surface area contributed by atoms with Gasteiger partial charge in [-0.15, -0.1) is 0 Å². The number of hydrogen-bond donors (Lipinski definition) is 0. The van der Waals surface area contributed by atoms with Crippen LogP contribution < -0.4 is 9.97 Å². The van der Waals surface area contributed by atoms with Crippen molar-refractivity contribution in [2.75, 3.05) is 0 Å². The Bertz CT molecular complexity index is 1420. The minimum absolute atomic E-state index is 0. The second-order valence-electron chi connectivity index (χ2n) is 7.53. The maximum absolute atomic E-state index is 4.65. The molecule has 2 aromatic carbocycles. The average Bonchev–Trinajstić information content (AvgIpc) is 3.61. The standard InChI is InChI=1S/C19H11N5.2C5H5N.2O.U/c1-2-7-13-12(6-1)21-18(22-13)16-10-5-11-17(20-16)19-23-14-8-3-4-9-15(14)24-19;2*1-2-4-6-5-3-1;;;/h1-11H;2*1-5H;;;/q-2;;;2*-2;. The number of pyridine rings is 3. The first-order valence-electron chi connectivity index (χ1n) is 11.3. The second kappa shape index (κ2) is 15.9. The van der Waals surface area contributed by atoms with Crippen LogP contribution in [0.25, 0.3) is 45.1 Å². The molecule has 7 aromatic rings. The van der Waals surface area contributed by atoms with Crippen molar-refractivity contribution in [3.63, 3.8) is 0 Å². The van der Waals surface area contributed by atoms with E-state index in [1.54, 1.807) is 24.8 Å². The Balaban J connectivity index is 0.000000297. The molecule has 9 nitrogen and oxygen atoms in total. The Labute approximate surface area is 248 Å². The topological polar surface area (TPSA) is 150 Å². The molecule has 194 valence electrons. The number of rotatable bonds is 2. The predicted molar refractivity (Wildman–Crippen MR) is 142 cm³/mol. The predicted octanol–water partition coefficient (Wildman–Crippen LogP) is 5.35. The van der Waals surface area contributed by atoms with E-state index in [0.29, 0.717) is 11.6 Å². The van der Waals surface area contributed by atoms with Crippen molar-refractivity contribution >= 4 is 22.1 Å². The molecule has 0 aliphatic rings. The minimum atomic E-state index is 0. The summed E-state index contributed by atoms with van der Waals surface area (Å²) in [6, 6.07) is 32.8. The van der Waals surface area contributed by atoms with Crippen molar-refractivity contribution in [1.82, 2.24) is 34.9 Å². The molecule has 0 fully saturated rings. The van der Waals surface area contributed by atoms with Gasteiger partial charge >= 0.3 is 0 Å². The fourth-order valence-electron chi connectivity index (χ4n) is 3.35. The number of fused-ring (bicyclic) bond motifs is 2. The van der Waals surface area contributed by atoms with Gasteiger partial charge in [-0.25, -0.2) is 4.98 Å². The molecule has 5 heterocycles. The molecule has 7 rings (SSSR count). The van der Waals surface area contributed by atoms with Crippen molar-refractivity contribution in [2.24, 2.45) is 0 Å². The van der Waals surface area contributed by atoms with E-state index in [4.69, 9.17) is 0 Å². The van der Waals surface area contributed by atoms with Crippen molar-refractivity contribution < 1.29 is 42.1 Å². The van der Waals surface area contributed by atoms with Gasteiger partial charge in [0.25, 0.3) is 0 Å². The van der Waals surface area contributed by atoms with Crippen molar-refractivity contribution in [3.05, 3.63) is 128 Å². The number of benzene rings is 2. The van der Waals surface area contributed by atoms with Crippen molar-refractivity contribution in [2.45, 2.75) is 0 Å². The first-order chi connectivity index (χ1) is 17.9. The monoisotopic (exact) mass is 737 g/mol. The maximum Gasteiger partial charge on any atom is 0.0627 e. The van der Waals surface area contributed by atoms with Crippen LogP contribution in [-0.2, 0) is 11.0 Å². The van der Waals surface area contributed by atoms with E-state index in [1.807, 2.05) is 103 Å². The number of imidazole rings is 2. The third kappa shape index (κ3) is 8.40. The molecule has 0 saturated carbocycles. The summed E-state index contributed by atoms with van der Waals surface area (Å²) < 4.78 is 0. The fraction of sp³-hybridized carbons (Fsp3) is 0. The Morgan fingerprint density at radius 1 is 0.410 bits per heavy atom. The number of aromatic nitrogens is 7. The fourth-order valence-corrected chi connectivity index (χ4v) is 3.35. The molecule has 10 heteroatoms. The first kappa shape index (κ1) is 31.0. The van der Waals surface area contributed by atoms with Gasteiger partial charge in [-0.2, -0.15) is 0 Å². The Morgan fingerprint density at radius 2 is 0.821 bits per heavy atom. The zero-order chi connectivity index (χ0) is 24.4. The number of nitrogens with zero attached hydrogens (tertiary/aromatic N) is 7. The van der Waals surface area contributed by atoms with Crippen LogP contribution in [0.15, 0.2) is 128 Å². The summed E-state index contributed by atoms with van der Waals surface area (Å²) in [5.74, 6) is 1.24. The SMILES string of the molecule is [O-2].[O-2].[U].c1cc(-c2nc3ccccc3[n-]2)nc(-c2nc3ccccc3[n-]2)c1.c1ccncc1.c1ccncc1. The molecular formula is C29H21N7O2U-6. The Morgan fingerprint density at radius 3 is 1.15 bits per heavy atom. The van der Waals surface area contributed by atoms with Gasteiger partial charge in [0, 0.05) is 55.9 Å². The molecule has 0 saturated heterocycles. The van der Waals surface area contributed by atoms with Crippen LogP contribution in [0.5, 0.6) is 0 Å². The minimum Gasteiger partial charge on any atom is -2.00 e. The summed E-state index contributed by atoms with van der Waals surface area (Å²) in [6.07, 6.45) is 7.00. The zero-order valence-corrected chi connectivity index (χ0v) is 24.7. The summed E-state index contributed by atoms with van der Waals surface area (Å²) in [5, 5.41) is 0. The quantitative estimate of drug-likeness (QED) is 0.232. The third-order valence-electron chi connectivity index (χ3n) is 5.01. The third-order valence-corrected chi connectivity index (χ3v) is 5.01. The normalized spacial score (nSPS) is 9.44. The van der Waals surface area contributed by atoms with Gasteiger partial charge in [-0.3, -0.25) is 9.97 Å². The van der Waals surface area contributed by atoms with Gasteiger partial charge in [-0.05, 0) is 70.1 Å². The summed E-state index contributed by atoms with van der Waals surface area (Å²) >= 11 is 0. The second-order valence-corrected chi connectivity index (χ2v) is 7.53. The van der Waals surface area contributed by atoms with Crippen LogP contribution in [0, 0.1) is 31.1 Å². The Kier molecular flexibility index (Phi) is 12.7. The molecule has 0 amide bonds. The molecule has 0 spiro atoms. The molecule has 0 N–H and O–H groups in total. The van der Waals surface area contributed by atoms with Crippen LogP contribution >= 0.6 is 0 Å². The summed E-state index contributed by atoms with van der Waals surface area (Å²) in [5.41, 5.74) is 4.92. The van der Waals surface area contributed by atoms with Gasteiger partial charge < -0.3 is 30.9 Å². The summed E-state index contributed by atoms with van der Waals surface area (Å²) in [4.78, 5) is 30.4. The molecule has 0 aliphatic heterocycles. The van der Waals surface area contributed by atoms with Gasteiger partial charge in [0.15, 0.2) is 0 Å². The van der Waals surface area contributed by atoms with Gasteiger partial charge in [0.2, 0.25) is 0 Å². The van der Waals surface area contributed by atoms with E-state index < -0.39 is 0 Å². The van der Waals surface area contributed by atoms with E-state index in [1.165, 1.54) is 0 Å². The molecule has 5 aromatic heterocycles. The van der Waals surface area contributed by atoms with E-state index in [0.717, 1.165) is 33.5 Å². The van der Waals surface area contributed by atoms with Gasteiger partial charge in [0.05, 0.1) is 11.4 Å². The van der Waals surface area contributed by atoms with E-state index >= 15 is 0 Å². The zero-order valence-electron chi connectivity index (χ0n) is 20.6. The van der Waals surface area contributed by atoms with Crippen LogP contribution in [-0.4, -0.2) is 24.9 Å². The van der Waals surface area contributed by atoms with E-state index in [2.05, 4.69) is 34.9 Å². The van der Waals surface area contributed by atoms with Crippen molar-refractivity contribution in [3.8, 4) is 23.0 Å². The number of hydrogen-bond acceptors (Lipinski definition) is 5. The largest absolute Gasteiger partial charge is 2.00 e. The molecule has 0 aliphatic carbocycles. The Hall–Kier alpha value is -4.20.